The molecular weight excluding hydrogens is 264 g/mol. The molecule has 19 heavy (non-hydrogen) atoms. The predicted octanol–water partition coefficient (Wildman–Crippen LogP) is 4.36. The normalized spacial score (nSPS) is 12.3. The summed E-state index contributed by atoms with van der Waals surface area (Å²) in [6.07, 6.45) is 0. The Morgan fingerprint density at radius 1 is 1.21 bits per heavy atom. The van der Waals surface area contributed by atoms with Gasteiger partial charge in [-0.05, 0) is 35.8 Å². The first-order valence-electron chi connectivity index (χ1n) is 6.10. The van der Waals surface area contributed by atoms with E-state index in [0.717, 1.165) is 12.1 Å². The molecule has 0 aliphatic rings. The van der Waals surface area contributed by atoms with Crippen LogP contribution in [0.5, 0.6) is 0 Å². The van der Waals surface area contributed by atoms with Crippen molar-refractivity contribution in [1.29, 1.82) is 5.26 Å². The van der Waals surface area contributed by atoms with Crippen LogP contribution in [0.25, 0.3) is 0 Å². The van der Waals surface area contributed by atoms with Crippen molar-refractivity contribution in [2.45, 2.75) is 45.5 Å². The first-order valence-corrected chi connectivity index (χ1v) is 9.01. The zero-order valence-corrected chi connectivity index (χ0v) is 13.0. The Morgan fingerprint density at radius 3 is 2.05 bits per heavy atom. The summed E-state index contributed by atoms with van der Waals surface area (Å²) in [6.45, 7) is 10.6. The average Bonchev–Trinajstić information content (AvgIpc) is 2.24. The SMILES string of the molecule is CC(C)(C)[Si](C)(C)OCc1cc(F)c(C#N)c(F)c1. The first kappa shape index (κ1) is 15.8. The van der Waals surface area contributed by atoms with E-state index in [9.17, 15) is 8.78 Å². The van der Waals surface area contributed by atoms with E-state index in [0.29, 0.717) is 5.56 Å². The van der Waals surface area contributed by atoms with E-state index in [2.05, 4.69) is 33.9 Å². The van der Waals surface area contributed by atoms with Crippen molar-refractivity contribution in [3.05, 3.63) is 34.9 Å². The number of nitriles is 1. The maximum absolute atomic E-state index is 13.5. The second-order valence-electron chi connectivity index (χ2n) is 6.10. The number of hydrogen-bond acceptors (Lipinski definition) is 2. The largest absolute Gasteiger partial charge is 0.413 e. The maximum atomic E-state index is 13.5. The van der Waals surface area contributed by atoms with Gasteiger partial charge in [-0.3, -0.25) is 0 Å². The molecule has 0 spiro atoms. The van der Waals surface area contributed by atoms with Crippen molar-refractivity contribution < 1.29 is 13.2 Å². The van der Waals surface area contributed by atoms with Gasteiger partial charge in [0.25, 0.3) is 0 Å². The molecule has 0 heterocycles. The van der Waals surface area contributed by atoms with E-state index in [4.69, 9.17) is 9.69 Å². The van der Waals surface area contributed by atoms with E-state index in [-0.39, 0.29) is 11.6 Å². The van der Waals surface area contributed by atoms with Crippen LogP contribution in [0.15, 0.2) is 12.1 Å². The molecule has 0 aliphatic heterocycles. The highest BCUT2D eigenvalue weighted by Gasteiger charge is 2.37. The van der Waals surface area contributed by atoms with Gasteiger partial charge >= 0.3 is 0 Å². The van der Waals surface area contributed by atoms with Gasteiger partial charge in [-0.1, -0.05) is 20.8 Å². The van der Waals surface area contributed by atoms with E-state index >= 15 is 0 Å². The fraction of sp³-hybridized carbons (Fsp3) is 0.500. The molecule has 0 aliphatic carbocycles. The lowest BCUT2D eigenvalue weighted by Crippen LogP contribution is -2.40. The Bertz CT molecular complexity index is 492. The van der Waals surface area contributed by atoms with Gasteiger partial charge in [0.1, 0.15) is 23.3 Å². The topological polar surface area (TPSA) is 33.0 Å². The van der Waals surface area contributed by atoms with Crippen LogP contribution in [-0.4, -0.2) is 8.32 Å². The minimum absolute atomic E-state index is 0.0384. The van der Waals surface area contributed by atoms with Crippen LogP contribution < -0.4 is 0 Å². The Kier molecular flexibility index (Phi) is 4.49. The molecule has 1 rings (SSSR count). The summed E-state index contributed by atoms with van der Waals surface area (Å²) in [5.41, 5.74) is -0.130. The summed E-state index contributed by atoms with van der Waals surface area (Å²) in [6, 6.07) is 3.83. The highest BCUT2D eigenvalue weighted by atomic mass is 28.4. The third-order valence-electron chi connectivity index (χ3n) is 3.62. The van der Waals surface area contributed by atoms with Gasteiger partial charge in [-0.2, -0.15) is 5.26 Å². The van der Waals surface area contributed by atoms with E-state index in [1.165, 1.54) is 6.07 Å². The molecule has 0 atom stereocenters. The zero-order chi connectivity index (χ0) is 14.8. The lowest BCUT2D eigenvalue weighted by molar-refractivity contribution is 0.275. The van der Waals surface area contributed by atoms with Gasteiger partial charge in [0.2, 0.25) is 0 Å². The fourth-order valence-corrected chi connectivity index (χ4v) is 2.26. The summed E-state index contributed by atoms with van der Waals surface area (Å²) in [7, 11) is -1.95. The van der Waals surface area contributed by atoms with Crippen LogP contribution in [0, 0.1) is 23.0 Å². The molecule has 2 nitrogen and oxygen atoms in total. The highest BCUT2D eigenvalue weighted by Crippen LogP contribution is 2.37. The minimum atomic E-state index is -1.95. The third kappa shape index (κ3) is 3.61. The monoisotopic (exact) mass is 283 g/mol. The molecule has 0 unspecified atom stereocenters. The number of nitrogens with zero attached hydrogens (tertiary/aromatic N) is 1. The summed E-state index contributed by atoms with van der Waals surface area (Å²) < 4.78 is 32.8. The van der Waals surface area contributed by atoms with Crippen LogP contribution in [0.1, 0.15) is 31.9 Å². The van der Waals surface area contributed by atoms with E-state index < -0.39 is 25.5 Å². The molecule has 5 heteroatoms. The Morgan fingerprint density at radius 2 is 1.68 bits per heavy atom. The predicted molar refractivity (Wildman–Crippen MR) is 73.1 cm³/mol. The number of rotatable bonds is 3. The van der Waals surface area contributed by atoms with Gasteiger partial charge < -0.3 is 4.43 Å². The maximum Gasteiger partial charge on any atom is 0.192 e. The van der Waals surface area contributed by atoms with Gasteiger partial charge in [0, 0.05) is 0 Å². The highest BCUT2D eigenvalue weighted by molar-refractivity contribution is 6.74. The molecule has 0 saturated carbocycles. The van der Waals surface area contributed by atoms with Crippen molar-refractivity contribution in [2.75, 3.05) is 0 Å². The third-order valence-corrected chi connectivity index (χ3v) is 8.10. The smallest absolute Gasteiger partial charge is 0.192 e. The molecule has 1 aromatic carbocycles. The molecule has 0 saturated heterocycles. The molecule has 1 aromatic rings. The summed E-state index contributed by atoms with van der Waals surface area (Å²) >= 11 is 0. The molecule has 0 aromatic heterocycles. The van der Waals surface area contributed by atoms with Crippen molar-refractivity contribution in [1.82, 2.24) is 0 Å². The van der Waals surface area contributed by atoms with Crippen molar-refractivity contribution in [2.24, 2.45) is 0 Å². The Hall–Kier alpha value is -1.25. The van der Waals surface area contributed by atoms with Crippen molar-refractivity contribution in [3.8, 4) is 6.07 Å². The van der Waals surface area contributed by atoms with Gasteiger partial charge in [0.15, 0.2) is 8.32 Å². The lowest BCUT2D eigenvalue weighted by Gasteiger charge is -2.36. The fourth-order valence-electron chi connectivity index (χ4n) is 1.30. The first-order chi connectivity index (χ1) is 8.58. The summed E-state index contributed by atoms with van der Waals surface area (Å²) in [4.78, 5) is 0. The molecule has 0 radical (unpaired) electrons. The molecule has 0 N–H and O–H groups in total. The molecule has 0 bridgehead atoms. The zero-order valence-electron chi connectivity index (χ0n) is 12.0. The van der Waals surface area contributed by atoms with Gasteiger partial charge in [-0.25, -0.2) is 8.78 Å². The number of halogens is 2. The van der Waals surface area contributed by atoms with Crippen LogP contribution in [0.4, 0.5) is 8.78 Å². The standard InChI is InChI=1S/C14H19F2NOSi/c1-14(2,3)19(4,5)18-9-10-6-12(15)11(8-17)13(16)7-10/h6-7H,9H2,1-5H3. The summed E-state index contributed by atoms with van der Waals surface area (Å²) in [5, 5.41) is 8.64. The number of benzene rings is 1. The van der Waals surface area contributed by atoms with Crippen LogP contribution >= 0.6 is 0 Å². The number of hydrogen-bond donors (Lipinski definition) is 0. The van der Waals surface area contributed by atoms with E-state index in [1.54, 1.807) is 0 Å². The van der Waals surface area contributed by atoms with E-state index in [1.807, 2.05) is 0 Å². The molecule has 104 valence electrons. The lowest BCUT2D eigenvalue weighted by atomic mass is 10.1. The van der Waals surface area contributed by atoms with Crippen molar-refractivity contribution >= 4 is 8.32 Å². The second kappa shape index (κ2) is 5.39. The average molecular weight is 283 g/mol. The Balaban J connectivity index is 2.89. The van der Waals surface area contributed by atoms with Crippen molar-refractivity contribution in [3.63, 3.8) is 0 Å². The quantitative estimate of drug-likeness (QED) is 0.772. The Labute approximate surface area is 114 Å². The minimum Gasteiger partial charge on any atom is -0.413 e. The van der Waals surface area contributed by atoms with Crippen LogP contribution in [-0.2, 0) is 11.0 Å². The molecule has 0 fully saturated rings. The van der Waals surface area contributed by atoms with Gasteiger partial charge in [-0.15, -0.1) is 0 Å². The van der Waals surface area contributed by atoms with Crippen LogP contribution in [0.2, 0.25) is 18.1 Å². The molecular formula is C14H19F2NOSi. The second-order valence-corrected chi connectivity index (χ2v) is 10.9. The van der Waals surface area contributed by atoms with Gasteiger partial charge in [0.05, 0.1) is 6.61 Å². The molecule has 0 amide bonds. The summed E-state index contributed by atoms with van der Waals surface area (Å²) in [5.74, 6) is -1.67. The van der Waals surface area contributed by atoms with Crippen LogP contribution in [0.3, 0.4) is 0 Å².